The van der Waals surface area contributed by atoms with Crippen LogP contribution in [-0.4, -0.2) is 7.28 Å². The Morgan fingerprint density at radius 2 is 0.895 bits per heavy atom. The lowest BCUT2D eigenvalue weighted by atomic mass is 9.71. The van der Waals surface area contributed by atoms with E-state index in [0.717, 1.165) is 0 Å². The maximum atomic E-state index is 13.8. The van der Waals surface area contributed by atoms with Crippen molar-refractivity contribution in [1.82, 2.24) is 0 Å². The van der Waals surface area contributed by atoms with Crippen LogP contribution in [0, 0.1) is 40.7 Å². The van der Waals surface area contributed by atoms with Gasteiger partial charge in [-0.3, -0.25) is 0 Å². The van der Waals surface area contributed by atoms with Gasteiger partial charge in [-0.15, -0.1) is 5.46 Å². The van der Waals surface area contributed by atoms with Gasteiger partial charge in [0.2, 0.25) is 0 Å². The standard InChI is InChI=1S/C11H5BF7/c1-12-4-5(13)2-3(6(14)9(4)17)8(16)11(19)10(18)7(2)15/h12H2,1H3/q-1. The molecule has 0 nitrogen and oxygen atoms in total. The minimum Gasteiger partial charge on any atom is -0.210 e. The van der Waals surface area contributed by atoms with Crippen molar-refractivity contribution in [2.45, 2.75) is 6.82 Å². The highest BCUT2D eigenvalue weighted by Crippen LogP contribution is 2.31. The molecular formula is C11H5BF7-. The highest BCUT2D eigenvalue weighted by Gasteiger charge is 2.28. The van der Waals surface area contributed by atoms with Crippen molar-refractivity contribution in [3.8, 4) is 0 Å². The van der Waals surface area contributed by atoms with Crippen LogP contribution in [0.15, 0.2) is 0 Å². The van der Waals surface area contributed by atoms with E-state index in [2.05, 4.69) is 0 Å². The van der Waals surface area contributed by atoms with Crippen molar-refractivity contribution < 1.29 is 30.7 Å². The van der Waals surface area contributed by atoms with E-state index < -0.39 is 64.2 Å². The smallest absolute Gasteiger partial charge is 0.198 e. The van der Waals surface area contributed by atoms with Crippen molar-refractivity contribution in [2.75, 3.05) is 0 Å². The zero-order valence-corrected chi connectivity index (χ0v) is 9.65. The first-order chi connectivity index (χ1) is 8.82. The lowest BCUT2D eigenvalue weighted by Crippen LogP contribution is -2.24. The second-order valence-electron chi connectivity index (χ2n) is 4.07. The summed E-state index contributed by atoms with van der Waals surface area (Å²) in [5.41, 5.74) is -0.741. The van der Waals surface area contributed by atoms with Gasteiger partial charge in [-0.2, -0.15) is 6.82 Å². The molecule has 19 heavy (non-hydrogen) atoms. The van der Waals surface area contributed by atoms with E-state index >= 15 is 0 Å². The van der Waals surface area contributed by atoms with Gasteiger partial charge >= 0.3 is 0 Å². The summed E-state index contributed by atoms with van der Waals surface area (Å²) >= 11 is 0. The van der Waals surface area contributed by atoms with Crippen LogP contribution in [0.25, 0.3) is 10.8 Å². The van der Waals surface area contributed by atoms with Crippen LogP contribution in [-0.2, 0) is 0 Å². The lowest BCUT2D eigenvalue weighted by Gasteiger charge is -2.14. The predicted octanol–water partition coefficient (Wildman–Crippen LogP) is 2.66. The highest BCUT2D eigenvalue weighted by atomic mass is 19.2. The number of fused-ring (bicyclic) bond motifs is 1. The Kier molecular flexibility index (Phi) is 3.20. The third kappa shape index (κ3) is 1.69. The van der Waals surface area contributed by atoms with E-state index in [-0.39, 0.29) is 0 Å². The van der Waals surface area contributed by atoms with E-state index in [0.29, 0.717) is 0 Å². The normalized spacial score (nSPS) is 11.4. The fourth-order valence-corrected chi connectivity index (χ4v) is 2.04. The molecule has 0 spiro atoms. The van der Waals surface area contributed by atoms with Gasteiger partial charge < -0.3 is 0 Å². The third-order valence-electron chi connectivity index (χ3n) is 3.06. The van der Waals surface area contributed by atoms with E-state index in [9.17, 15) is 30.7 Å². The molecule has 0 unspecified atom stereocenters. The summed E-state index contributed by atoms with van der Waals surface area (Å²) in [6.07, 6.45) is 0. The molecule has 0 amide bonds. The van der Waals surface area contributed by atoms with Gasteiger partial charge in [0.25, 0.3) is 0 Å². The molecule has 0 aliphatic rings. The van der Waals surface area contributed by atoms with E-state index in [1.807, 2.05) is 0 Å². The first kappa shape index (κ1) is 13.7. The monoisotopic (exact) mass is 281 g/mol. The molecule has 0 radical (unpaired) electrons. The molecule has 0 N–H and O–H groups in total. The van der Waals surface area contributed by atoms with Gasteiger partial charge in [-0.1, -0.05) is 0 Å². The van der Waals surface area contributed by atoms with Crippen LogP contribution in [0.3, 0.4) is 0 Å². The Bertz CT molecular complexity index is 696. The maximum Gasteiger partial charge on any atom is 0.198 e. The maximum absolute atomic E-state index is 13.8. The molecule has 2 rings (SSSR count). The molecule has 0 aliphatic heterocycles. The summed E-state index contributed by atoms with van der Waals surface area (Å²) in [6, 6.07) is 0. The Hall–Kier alpha value is -1.73. The summed E-state index contributed by atoms with van der Waals surface area (Å²) < 4.78 is 93.5. The van der Waals surface area contributed by atoms with Crippen LogP contribution < -0.4 is 5.46 Å². The summed E-state index contributed by atoms with van der Waals surface area (Å²) in [6.45, 7) is 1.36. The van der Waals surface area contributed by atoms with Crippen molar-refractivity contribution in [2.24, 2.45) is 0 Å². The molecule has 0 saturated carbocycles. The van der Waals surface area contributed by atoms with Gasteiger partial charge in [0.15, 0.2) is 29.1 Å². The Labute approximate surface area is 103 Å². The fourth-order valence-electron chi connectivity index (χ4n) is 2.04. The number of benzene rings is 2. The van der Waals surface area contributed by atoms with E-state index in [1.165, 1.54) is 6.82 Å². The van der Waals surface area contributed by atoms with Gasteiger partial charge in [-0.25, -0.2) is 30.7 Å². The topological polar surface area (TPSA) is 0 Å². The number of hydrogen-bond donors (Lipinski definition) is 0. The Morgan fingerprint density at radius 3 is 1.32 bits per heavy atom. The highest BCUT2D eigenvalue weighted by molar-refractivity contribution is 6.52. The molecule has 0 atom stereocenters. The summed E-state index contributed by atoms with van der Waals surface area (Å²) in [4.78, 5) is 0. The minimum absolute atomic E-state index is 0.741. The molecule has 0 bridgehead atoms. The van der Waals surface area contributed by atoms with Crippen molar-refractivity contribution in [3.05, 3.63) is 40.7 Å². The molecule has 0 fully saturated rings. The van der Waals surface area contributed by atoms with Crippen LogP contribution >= 0.6 is 0 Å². The molecule has 2 aromatic rings. The first-order valence-electron chi connectivity index (χ1n) is 5.57. The van der Waals surface area contributed by atoms with Crippen molar-refractivity contribution in [3.63, 3.8) is 0 Å². The SMILES string of the molecule is C[BH2-]c1c(F)c(F)c2c(F)c(F)c(F)c(F)c2c1F. The average Bonchev–Trinajstić information content (AvgIpc) is 2.38. The van der Waals surface area contributed by atoms with Crippen molar-refractivity contribution in [1.29, 1.82) is 0 Å². The molecule has 102 valence electrons. The Morgan fingerprint density at radius 1 is 0.526 bits per heavy atom. The summed E-state index contributed by atoms with van der Waals surface area (Å²) in [5.74, 6) is -14.0. The fraction of sp³-hybridized carbons (Fsp3) is 0.0909. The summed E-state index contributed by atoms with van der Waals surface area (Å²) in [5, 5.41) is -2.97. The number of rotatable bonds is 1. The summed E-state index contributed by atoms with van der Waals surface area (Å²) in [7, 11) is -1.50. The second-order valence-corrected chi connectivity index (χ2v) is 4.07. The second kappa shape index (κ2) is 4.43. The molecule has 2 aromatic carbocycles. The van der Waals surface area contributed by atoms with Crippen LogP contribution in [0.1, 0.15) is 0 Å². The molecule has 8 heteroatoms. The van der Waals surface area contributed by atoms with Gasteiger partial charge in [0, 0.05) is 7.28 Å². The molecule has 0 aromatic heterocycles. The molecular weight excluding hydrogens is 276 g/mol. The largest absolute Gasteiger partial charge is 0.210 e. The molecule has 0 heterocycles. The van der Waals surface area contributed by atoms with E-state index in [4.69, 9.17) is 0 Å². The zero-order valence-electron chi connectivity index (χ0n) is 9.65. The molecule has 0 aliphatic carbocycles. The van der Waals surface area contributed by atoms with Crippen LogP contribution in [0.5, 0.6) is 0 Å². The van der Waals surface area contributed by atoms with Gasteiger partial charge in [-0.05, 0) is 0 Å². The number of hydrogen-bond acceptors (Lipinski definition) is 0. The first-order valence-corrected chi connectivity index (χ1v) is 5.57. The van der Waals surface area contributed by atoms with Crippen molar-refractivity contribution >= 4 is 23.5 Å². The Balaban J connectivity index is 3.18. The van der Waals surface area contributed by atoms with E-state index in [1.54, 1.807) is 0 Å². The minimum atomic E-state index is -2.32. The van der Waals surface area contributed by atoms with Crippen LogP contribution in [0.4, 0.5) is 30.7 Å². The quantitative estimate of drug-likeness (QED) is 0.326. The number of halogens is 7. The predicted molar refractivity (Wildman–Crippen MR) is 57.7 cm³/mol. The average molecular weight is 281 g/mol. The van der Waals surface area contributed by atoms with Gasteiger partial charge in [0.05, 0.1) is 10.8 Å². The van der Waals surface area contributed by atoms with Crippen LogP contribution in [0.2, 0.25) is 6.82 Å². The zero-order chi connectivity index (χ0) is 14.5. The van der Waals surface area contributed by atoms with Gasteiger partial charge in [0.1, 0.15) is 11.6 Å². The lowest BCUT2D eigenvalue weighted by molar-refractivity contribution is 0.412. The molecule has 0 saturated heterocycles. The third-order valence-corrected chi connectivity index (χ3v) is 3.06.